The average molecular weight is 307 g/mol. The van der Waals surface area contributed by atoms with Gasteiger partial charge in [-0.1, -0.05) is 13.0 Å². The van der Waals surface area contributed by atoms with Gasteiger partial charge < -0.3 is 11.1 Å². The Labute approximate surface area is 126 Å². The molecule has 2 aromatic rings. The normalized spacial score (nSPS) is 12.1. The number of hydrogen-bond acceptors (Lipinski definition) is 5. The molecule has 4 nitrogen and oxygen atoms in total. The maximum Gasteiger partial charge on any atom is 0.239 e. The Hall–Kier alpha value is -1.53. The predicted molar refractivity (Wildman–Crippen MR) is 86.3 cm³/mol. The molecule has 1 heterocycles. The lowest BCUT2D eigenvalue weighted by Crippen LogP contribution is -2.24. The number of thioether (sulfide) groups is 1. The van der Waals surface area contributed by atoms with Crippen LogP contribution in [0.4, 0.5) is 10.8 Å². The Bertz CT molecular complexity index is 598. The third-order valence-corrected chi connectivity index (χ3v) is 4.88. The number of nitrogens with zero attached hydrogens (tertiary/aromatic N) is 1. The van der Waals surface area contributed by atoms with Crippen molar-refractivity contribution in [3.8, 4) is 0 Å². The molecular formula is C14H17N3OS2. The van der Waals surface area contributed by atoms with Gasteiger partial charge in [0, 0.05) is 16.0 Å². The standard InChI is InChI=1S/C14H17N3OS2/c1-3-12(20-11-6-4-5-10(15)7-11)13(18)17-14-16-9(2)8-19-14/h4-8,12H,3,15H2,1-2H3,(H,16,17,18). The van der Waals surface area contributed by atoms with Crippen LogP contribution in [0, 0.1) is 6.92 Å². The molecular weight excluding hydrogens is 290 g/mol. The molecule has 0 spiro atoms. The monoisotopic (exact) mass is 307 g/mol. The van der Waals surface area contributed by atoms with Crippen molar-refractivity contribution < 1.29 is 4.79 Å². The third kappa shape index (κ3) is 3.98. The molecule has 0 radical (unpaired) electrons. The number of hydrogen-bond donors (Lipinski definition) is 2. The zero-order valence-electron chi connectivity index (χ0n) is 11.4. The molecule has 6 heteroatoms. The highest BCUT2D eigenvalue weighted by molar-refractivity contribution is 8.00. The van der Waals surface area contributed by atoms with Crippen molar-refractivity contribution in [1.82, 2.24) is 4.98 Å². The number of carbonyl (C=O) groups is 1. The minimum atomic E-state index is -0.152. The molecule has 0 aliphatic heterocycles. The van der Waals surface area contributed by atoms with Crippen LogP contribution in [0.1, 0.15) is 19.0 Å². The van der Waals surface area contributed by atoms with E-state index >= 15 is 0 Å². The van der Waals surface area contributed by atoms with Crippen LogP contribution in [0.2, 0.25) is 0 Å². The van der Waals surface area contributed by atoms with Crippen LogP contribution in [-0.2, 0) is 4.79 Å². The van der Waals surface area contributed by atoms with Crippen LogP contribution < -0.4 is 11.1 Å². The van der Waals surface area contributed by atoms with E-state index in [2.05, 4.69) is 10.3 Å². The average Bonchev–Trinajstić information content (AvgIpc) is 2.81. The summed E-state index contributed by atoms with van der Waals surface area (Å²) in [5, 5.41) is 5.28. The summed E-state index contributed by atoms with van der Waals surface area (Å²) in [5.41, 5.74) is 7.38. The lowest BCUT2D eigenvalue weighted by molar-refractivity contribution is -0.115. The van der Waals surface area contributed by atoms with E-state index in [9.17, 15) is 4.79 Å². The number of carbonyl (C=O) groups excluding carboxylic acids is 1. The Morgan fingerprint density at radius 1 is 1.55 bits per heavy atom. The second kappa shape index (κ2) is 6.76. The topological polar surface area (TPSA) is 68.0 Å². The Morgan fingerprint density at radius 3 is 2.95 bits per heavy atom. The summed E-state index contributed by atoms with van der Waals surface area (Å²) in [6.45, 7) is 3.90. The maximum atomic E-state index is 12.2. The summed E-state index contributed by atoms with van der Waals surface area (Å²) in [4.78, 5) is 17.5. The highest BCUT2D eigenvalue weighted by atomic mass is 32.2. The van der Waals surface area contributed by atoms with Crippen LogP contribution >= 0.6 is 23.1 Å². The number of aryl methyl sites for hydroxylation is 1. The van der Waals surface area contributed by atoms with Crippen LogP contribution in [0.25, 0.3) is 0 Å². The second-order valence-electron chi connectivity index (χ2n) is 4.37. The van der Waals surface area contributed by atoms with Gasteiger partial charge in [-0.15, -0.1) is 23.1 Å². The van der Waals surface area contributed by atoms with Gasteiger partial charge in [0.1, 0.15) is 0 Å². The quantitative estimate of drug-likeness (QED) is 0.655. The lowest BCUT2D eigenvalue weighted by atomic mass is 10.3. The fraction of sp³-hybridized carbons (Fsp3) is 0.286. The summed E-state index contributed by atoms with van der Waals surface area (Å²) in [6, 6.07) is 7.58. The SMILES string of the molecule is CCC(Sc1cccc(N)c1)C(=O)Nc1nc(C)cs1. The van der Waals surface area contributed by atoms with Crippen molar-refractivity contribution in [3.05, 3.63) is 35.3 Å². The van der Waals surface area contributed by atoms with Gasteiger partial charge >= 0.3 is 0 Å². The van der Waals surface area contributed by atoms with E-state index in [1.807, 2.05) is 43.5 Å². The molecule has 1 atom stereocenters. The number of thiazole rings is 1. The number of amides is 1. The first-order chi connectivity index (χ1) is 9.58. The number of anilines is 2. The fourth-order valence-electron chi connectivity index (χ4n) is 1.67. The molecule has 1 amide bonds. The van der Waals surface area contributed by atoms with Gasteiger partial charge in [0.25, 0.3) is 0 Å². The van der Waals surface area contributed by atoms with Gasteiger partial charge in [-0.2, -0.15) is 0 Å². The van der Waals surface area contributed by atoms with Crippen molar-refractivity contribution in [2.45, 2.75) is 30.4 Å². The van der Waals surface area contributed by atoms with Crippen LogP contribution in [0.15, 0.2) is 34.5 Å². The molecule has 106 valence electrons. The molecule has 20 heavy (non-hydrogen) atoms. The zero-order chi connectivity index (χ0) is 14.5. The number of benzene rings is 1. The van der Waals surface area contributed by atoms with Crippen LogP contribution in [0.3, 0.4) is 0 Å². The Balaban J connectivity index is 2.02. The third-order valence-electron chi connectivity index (χ3n) is 2.65. The number of nitrogens with two attached hydrogens (primary N) is 1. The first kappa shape index (κ1) is 14.9. The number of nitrogen functional groups attached to an aromatic ring is 1. The van der Waals surface area contributed by atoms with Gasteiger partial charge in [0.15, 0.2) is 5.13 Å². The van der Waals surface area contributed by atoms with Crippen LogP contribution in [-0.4, -0.2) is 16.1 Å². The zero-order valence-corrected chi connectivity index (χ0v) is 13.1. The second-order valence-corrected chi connectivity index (χ2v) is 6.50. The molecule has 0 fully saturated rings. The summed E-state index contributed by atoms with van der Waals surface area (Å²) in [7, 11) is 0. The van der Waals surface area contributed by atoms with E-state index in [0.717, 1.165) is 17.0 Å². The molecule has 3 N–H and O–H groups in total. The highest BCUT2D eigenvalue weighted by Crippen LogP contribution is 2.28. The Morgan fingerprint density at radius 2 is 2.35 bits per heavy atom. The summed E-state index contributed by atoms with van der Waals surface area (Å²) < 4.78 is 0. The maximum absolute atomic E-state index is 12.2. The number of rotatable bonds is 5. The van der Waals surface area contributed by atoms with E-state index in [1.165, 1.54) is 23.1 Å². The summed E-state index contributed by atoms with van der Waals surface area (Å²) in [5.74, 6) is -0.0192. The minimum Gasteiger partial charge on any atom is -0.399 e. The number of aromatic nitrogens is 1. The highest BCUT2D eigenvalue weighted by Gasteiger charge is 2.19. The van der Waals surface area contributed by atoms with Gasteiger partial charge in [-0.3, -0.25) is 4.79 Å². The van der Waals surface area contributed by atoms with E-state index in [0.29, 0.717) is 10.8 Å². The van der Waals surface area contributed by atoms with E-state index < -0.39 is 0 Å². The van der Waals surface area contributed by atoms with Gasteiger partial charge in [0.2, 0.25) is 5.91 Å². The van der Waals surface area contributed by atoms with Crippen molar-refractivity contribution in [1.29, 1.82) is 0 Å². The summed E-state index contributed by atoms with van der Waals surface area (Å²) >= 11 is 2.96. The van der Waals surface area contributed by atoms with Crippen molar-refractivity contribution in [3.63, 3.8) is 0 Å². The van der Waals surface area contributed by atoms with Gasteiger partial charge in [-0.05, 0) is 31.5 Å². The Kier molecular flexibility index (Phi) is 5.03. The van der Waals surface area contributed by atoms with Crippen molar-refractivity contribution in [2.75, 3.05) is 11.1 Å². The van der Waals surface area contributed by atoms with Crippen molar-refractivity contribution in [2.24, 2.45) is 0 Å². The predicted octanol–water partition coefficient (Wildman–Crippen LogP) is 3.54. The molecule has 0 saturated heterocycles. The first-order valence-electron chi connectivity index (χ1n) is 6.33. The molecule has 2 rings (SSSR count). The van der Waals surface area contributed by atoms with E-state index in [4.69, 9.17) is 5.73 Å². The van der Waals surface area contributed by atoms with Gasteiger partial charge in [0.05, 0.1) is 10.9 Å². The first-order valence-corrected chi connectivity index (χ1v) is 8.09. The van der Waals surface area contributed by atoms with E-state index in [-0.39, 0.29) is 11.2 Å². The van der Waals surface area contributed by atoms with Crippen LogP contribution in [0.5, 0.6) is 0 Å². The largest absolute Gasteiger partial charge is 0.399 e. The minimum absolute atomic E-state index is 0.0192. The molecule has 1 aromatic heterocycles. The lowest BCUT2D eigenvalue weighted by Gasteiger charge is -2.13. The molecule has 1 aromatic carbocycles. The number of nitrogens with one attached hydrogen (secondary N) is 1. The molecule has 0 bridgehead atoms. The molecule has 0 aliphatic rings. The summed E-state index contributed by atoms with van der Waals surface area (Å²) in [6.07, 6.45) is 0.746. The molecule has 1 unspecified atom stereocenters. The molecule has 0 saturated carbocycles. The van der Waals surface area contributed by atoms with E-state index in [1.54, 1.807) is 0 Å². The fourth-order valence-corrected chi connectivity index (χ4v) is 3.39. The smallest absolute Gasteiger partial charge is 0.239 e. The molecule has 0 aliphatic carbocycles. The van der Waals surface area contributed by atoms with Gasteiger partial charge in [-0.25, -0.2) is 4.98 Å². The van der Waals surface area contributed by atoms with Crippen molar-refractivity contribution >= 4 is 39.8 Å².